The Morgan fingerprint density at radius 1 is 0.963 bits per heavy atom. The molecule has 0 aliphatic rings. The number of carbonyl (C=O) groups is 1. The molecule has 0 bridgehead atoms. The number of ketones is 1. The van der Waals surface area contributed by atoms with Gasteiger partial charge in [0.15, 0.2) is 16.7 Å². The maximum absolute atomic E-state index is 12.7. The minimum absolute atomic E-state index is 0.0581. The van der Waals surface area contributed by atoms with Crippen LogP contribution < -0.4 is 0 Å². The minimum atomic E-state index is -0.302. The normalized spacial score (nSPS) is 12.0. The molecular formula is C21H17N3O2S. The predicted octanol–water partition coefficient (Wildman–Crippen LogP) is 4.89. The van der Waals surface area contributed by atoms with Crippen LogP contribution in [0, 0.1) is 0 Å². The van der Waals surface area contributed by atoms with Crippen LogP contribution in [0.1, 0.15) is 17.3 Å². The van der Waals surface area contributed by atoms with Crippen LogP contribution in [0.5, 0.6) is 0 Å². The number of hydrogen-bond donors (Lipinski definition) is 0. The molecular weight excluding hydrogens is 358 g/mol. The number of rotatable bonds is 6. The van der Waals surface area contributed by atoms with Gasteiger partial charge in [0.1, 0.15) is 0 Å². The van der Waals surface area contributed by atoms with Gasteiger partial charge in [-0.2, -0.15) is 0 Å². The molecule has 0 N–H and O–H groups in total. The van der Waals surface area contributed by atoms with Gasteiger partial charge < -0.3 is 4.42 Å². The van der Waals surface area contributed by atoms with Gasteiger partial charge in [0.05, 0.1) is 11.5 Å². The Bertz CT molecular complexity index is 1030. The van der Waals surface area contributed by atoms with Gasteiger partial charge in [-0.05, 0) is 31.2 Å². The molecule has 0 amide bonds. The van der Waals surface area contributed by atoms with E-state index in [1.807, 2.05) is 84.3 Å². The fraction of sp³-hybridized carbons (Fsp3) is 0.0952. The van der Waals surface area contributed by atoms with Crippen LogP contribution in [0.4, 0.5) is 0 Å². The minimum Gasteiger partial charge on any atom is -0.461 e. The first-order chi connectivity index (χ1) is 13.2. The lowest BCUT2D eigenvalue weighted by Crippen LogP contribution is -2.14. The number of aromatic nitrogens is 3. The quantitative estimate of drug-likeness (QED) is 0.355. The van der Waals surface area contributed by atoms with Crippen LogP contribution in [-0.2, 0) is 0 Å². The molecule has 0 saturated carbocycles. The molecule has 0 radical (unpaired) electrons. The van der Waals surface area contributed by atoms with Crippen molar-refractivity contribution in [3.8, 4) is 17.3 Å². The summed E-state index contributed by atoms with van der Waals surface area (Å²) < 4.78 is 7.43. The summed E-state index contributed by atoms with van der Waals surface area (Å²) in [7, 11) is 0. The molecule has 0 fully saturated rings. The van der Waals surface area contributed by atoms with E-state index in [0.29, 0.717) is 22.3 Å². The number of Topliss-reactive ketones (excluding diaryl/α,β-unsaturated/α-hetero) is 1. The third kappa shape index (κ3) is 3.57. The van der Waals surface area contributed by atoms with E-state index in [2.05, 4.69) is 10.2 Å². The first-order valence-corrected chi connectivity index (χ1v) is 9.42. The highest BCUT2D eigenvalue weighted by atomic mass is 32.2. The van der Waals surface area contributed by atoms with Crippen molar-refractivity contribution in [2.75, 3.05) is 0 Å². The lowest BCUT2D eigenvalue weighted by atomic mass is 10.1. The summed E-state index contributed by atoms with van der Waals surface area (Å²) in [4.78, 5) is 12.7. The van der Waals surface area contributed by atoms with Crippen molar-refractivity contribution in [1.29, 1.82) is 0 Å². The third-order valence-corrected chi connectivity index (χ3v) is 5.14. The van der Waals surface area contributed by atoms with Crippen LogP contribution >= 0.6 is 11.8 Å². The zero-order chi connectivity index (χ0) is 18.6. The van der Waals surface area contributed by atoms with E-state index in [1.54, 1.807) is 6.26 Å². The fourth-order valence-corrected chi connectivity index (χ4v) is 3.71. The Morgan fingerprint density at radius 2 is 1.67 bits per heavy atom. The highest BCUT2D eigenvalue weighted by Crippen LogP contribution is 2.31. The summed E-state index contributed by atoms with van der Waals surface area (Å²) in [5, 5.41) is 8.98. The summed E-state index contributed by atoms with van der Waals surface area (Å²) >= 11 is 1.38. The average Bonchev–Trinajstić information content (AvgIpc) is 3.38. The maximum Gasteiger partial charge on any atom is 0.205 e. The Balaban J connectivity index is 1.70. The Hall–Kier alpha value is -3.12. The van der Waals surface area contributed by atoms with E-state index in [-0.39, 0.29) is 11.0 Å². The fourth-order valence-electron chi connectivity index (χ4n) is 2.77. The van der Waals surface area contributed by atoms with E-state index < -0.39 is 0 Å². The summed E-state index contributed by atoms with van der Waals surface area (Å²) in [6.45, 7) is 1.89. The second kappa shape index (κ2) is 7.63. The van der Waals surface area contributed by atoms with E-state index in [4.69, 9.17) is 4.42 Å². The number of furan rings is 1. The zero-order valence-corrected chi connectivity index (χ0v) is 15.5. The first kappa shape index (κ1) is 17.3. The van der Waals surface area contributed by atoms with Crippen molar-refractivity contribution in [2.24, 2.45) is 0 Å². The van der Waals surface area contributed by atoms with Crippen molar-refractivity contribution in [3.05, 3.63) is 84.6 Å². The Labute approximate surface area is 161 Å². The number of nitrogens with zero attached hydrogens (tertiary/aromatic N) is 3. The topological polar surface area (TPSA) is 60.9 Å². The van der Waals surface area contributed by atoms with Crippen LogP contribution in [0.25, 0.3) is 17.3 Å². The van der Waals surface area contributed by atoms with Crippen LogP contribution in [-0.4, -0.2) is 25.8 Å². The molecule has 5 nitrogen and oxygen atoms in total. The molecule has 27 heavy (non-hydrogen) atoms. The second-order valence-corrected chi connectivity index (χ2v) is 7.25. The molecule has 0 saturated heterocycles. The third-order valence-electron chi connectivity index (χ3n) is 4.10. The molecule has 0 aliphatic heterocycles. The van der Waals surface area contributed by atoms with Crippen molar-refractivity contribution >= 4 is 17.5 Å². The number of carbonyl (C=O) groups excluding carboxylic acids is 1. The number of para-hydroxylation sites is 1. The van der Waals surface area contributed by atoms with Crippen molar-refractivity contribution in [2.45, 2.75) is 17.3 Å². The zero-order valence-electron chi connectivity index (χ0n) is 14.6. The van der Waals surface area contributed by atoms with Crippen molar-refractivity contribution in [3.63, 3.8) is 0 Å². The number of benzene rings is 2. The van der Waals surface area contributed by atoms with Crippen molar-refractivity contribution in [1.82, 2.24) is 14.8 Å². The molecule has 6 heteroatoms. The van der Waals surface area contributed by atoms with Gasteiger partial charge in [0, 0.05) is 11.3 Å². The molecule has 4 rings (SSSR count). The summed E-state index contributed by atoms with van der Waals surface area (Å²) in [6, 6.07) is 22.8. The molecule has 2 aromatic carbocycles. The highest BCUT2D eigenvalue weighted by Gasteiger charge is 2.23. The van der Waals surface area contributed by atoms with Crippen molar-refractivity contribution < 1.29 is 9.21 Å². The van der Waals surface area contributed by atoms with Gasteiger partial charge in [-0.25, -0.2) is 0 Å². The molecule has 0 aliphatic carbocycles. The van der Waals surface area contributed by atoms with Crippen LogP contribution in [0.2, 0.25) is 0 Å². The molecule has 2 aromatic heterocycles. The number of thioether (sulfide) groups is 1. The predicted molar refractivity (Wildman–Crippen MR) is 105 cm³/mol. The SMILES string of the molecule is C[C@@H](Sc1nnc(-c2ccco2)n1-c1ccccc1)C(=O)c1ccccc1. The van der Waals surface area contributed by atoms with Gasteiger partial charge in [0.25, 0.3) is 0 Å². The van der Waals surface area contributed by atoms with Gasteiger partial charge in [0.2, 0.25) is 5.82 Å². The van der Waals surface area contributed by atoms with Crippen LogP contribution in [0.3, 0.4) is 0 Å². The van der Waals surface area contributed by atoms with Gasteiger partial charge in [-0.3, -0.25) is 9.36 Å². The summed E-state index contributed by atoms with van der Waals surface area (Å²) in [5.74, 6) is 1.29. The standard InChI is InChI=1S/C21H17N3O2S/c1-15(19(25)16-9-4-2-5-10-16)27-21-23-22-20(18-13-8-14-26-18)24(21)17-11-6-3-7-12-17/h2-15H,1H3/t15-/m1/s1. The van der Waals surface area contributed by atoms with Gasteiger partial charge >= 0.3 is 0 Å². The molecule has 4 aromatic rings. The molecule has 1 atom stereocenters. The van der Waals surface area contributed by atoms with Gasteiger partial charge in [-0.15, -0.1) is 10.2 Å². The average molecular weight is 375 g/mol. The largest absolute Gasteiger partial charge is 0.461 e. The smallest absolute Gasteiger partial charge is 0.205 e. The monoisotopic (exact) mass is 375 g/mol. The second-order valence-electron chi connectivity index (χ2n) is 5.94. The lowest BCUT2D eigenvalue weighted by Gasteiger charge is -2.12. The summed E-state index contributed by atoms with van der Waals surface area (Å²) in [5.41, 5.74) is 1.60. The molecule has 2 heterocycles. The highest BCUT2D eigenvalue weighted by molar-refractivity contribution is 8.00. The van der Waals surface area contributed by atoms with E-state index >= 15 is 0 Å². The van der Waals surface area contributed by atoms with E-state index in [1.165, 1.54) is 11.8 Å². The molecule has 0 unspecified atom stereocenters. The number of hydrogen-bond acceptors (Lipinski definition) is 5. The maximum atomic E-state index is 12.7. The lowest BCUT2D eigenvalue weighted by molar-refractivity contribution is 0.0994. The first-order valence-electron chi connectivity index (χ1n) is 8.54. The Morgan fingerprint density at radius 3 is 2.33 bits per heavy atom. The van der Waals surface area contributed by atoms with E-state index in [9.17, 15) is 4.79 Å². The van der Waals surface area contributed by atoms with Gasteiger partial charge in [-0.1, -0.05) is 60.3 Å². The Kier molecular flexibility index (Phi) is 4.89. The van der Waals surface area contributed by atoms with E-state index in [0.717, 1.165) is 5.69 Å². The molecule has 0 spiro atoms. The summed E-state index contributed by atoms with van der Waals surface area (Å²) in [6.07, 6.45) is 1.60. The molecule has 134 valence electrons. The van der Waals surface area contributed by atoms with Crippen LogP contribution in [0.15, 0.2) is 88.6 Å².